The minimum atomic E-state index is -0.936. The number of benzene rings is 3. The zero-order valence-corrected chi connectivity index (χ0v) is 20.9. The first-order valence-electron chi connectivity index (χ1n) is 12.1. The Labute approximate surface area is 211 Å². The SMILES string of the molecule is CC(C)Oc1ccc(C2=C(c3ccc(OCc4ccc5ccccc5n4)cc3)C(=O)C(C)(C)O2)cc1. The first-order valence-corrected chi connectivity index (χ1v) is 12.1. The molecule has 36 heavy (non-hydrogen) atoms. The summed E-state index contributed by atoms with van der Waals surface area (Å²) in [5.74, 6) is 2.02. The van der Waals surface area contributed by atoms with E-state index in [1.807, 2.05) is 98.8 Å². The van der Waals surface area contributed by atoms with Gasteiger partial charge in [-0.25, -0.2) is 4.98 Å². The number of rotatable bonds is 7. The smallest absolute Gasteiger partial charge is 0.210 e. The average molecular weight is 480 g/mol. The Morgan fingerprint density at radius 1 is 0.833 bits per heavy atom. The van der Waals surface area contributed by atoms with Crippen LogP contribution in [0.2, 0.25) is 0 Å². The number of pyridine rings is 1. The van der Waals surface area contributed by atoms with E-state index in [0.29, 0.717) is 23.7 Å². The third kappa shape index (κ3) is 4.82. The number of nitrogens with zero attached hydrogens (tertiary/aromatic N) is 1. The molecule has 0 spiro atoms. The van der Waals surface area contributed by atoms with Crippen LogP contribution in [0.1, 0.15) is 44.5 Å². The van der Waals surface area contributed by atoms with Crippen LogP contribution in [0.3, 0.4) is 0 Å². The lowest BCUT2D eigenvalue weighted by Gasteiger charge is -2.18. The highest BCUT2D eigenvalue weighted by molar-refractivity contribution is 6.32. The van der Waals surface area contributed by atoms with Crippen LogP contribution in [-0.2, 0) is 16.1 Å². The Morgan fingerprint density at radius 2 is 1.50 bits per heavy atom. The molecule has 5 heteroatoms. The molecule has 0 N–H and O–H groups in total. The van der Waals surface area contributed by atoms with Gasteiger partial charge < -0.3 is 14.2 Å². The molecule has 3 aromatic carbocycles. The summed E-state index contributed by atoms with van der Waals surface area (Å²) in [5.41, 5.74) is 3.06. The molecule has 0 unspecified atom stereocenters. The molecule has 0 amide bonds. The van der Waals surface area contributed by atoms with Crippen molar-refractivity contribution in [3.05, 3.63) is 102 Å². The molecular formula is C31H29NO4. The van der Waals surface area contributed by atoms with Gasteiger partial charge in [0.25, 0.3) is 0 Å². The molecule has 182 valence electrons. The van der Waals surface area contributed by atoms with E-state index >= 15 is 0 Å². The van der Waals surface area contributed by atoms with Crippen molar-refractivity contribution < 1.29 is 19.0 Å². The van der Waals surface area contributed by atoms with Gasteiger partial charge in [-0.1, -0.05) is 36.4 Å². The number of para-hydroxylation sites is 1. The van der Waals surface area contributed by atoms with Gasteiger partial charge >= 0.3 is 0 Å². The van der Waals surface area contributed by atoms with Gasteiger partial charge in [-0.3, -0.25) is 4.79 Å². The molecule has 0 bridgehead atoms. The van der Waals surface area contributed by atoms with Crippen molar-refractivity contribution in [1.29, 1.82) is 0 Å². The van der Waals surface area contributed by atoms with E-state index in [4.69, 9.17) is 14.2 Å². The standard InChI is InChI=1S/C31H29NO4/c1-20(2)35-26-17-12-23(13-18-26)29-28(30(33)31(3,4)36-29)22-10-15-25(16-11-22)34-19-24-14-9-21-7-5-6-8-27(21)32-24/h5-18,20H,19H2,1-4H3. The van der Waals surface area contributed by atoms with Gasteiger partial charge in [-0.2, -0.15) is 0 Å². The van der Waals surface area contributed by atoms with Crippen LogP contribution >= 0.6 is 0 Å². The van der Waals surface area contributed by atoms with Gasteiger partial charge in [0.2, 0.25) is 5.78 Å². The molecule has 4 aromatic rings. The zero-order valence-electron chi connectivity index (χ0n) is 20.9. The quantitative estimate of drug-likeness (QED) is 0.290. The molecule has 0 atom stereocenters. The van der Waals surface area contributed by atoms with Crippen LogP contribution in [0.5, 0.6) is 11.5 Å². The van der Waals surface area contributed by atoms with Crippen LogP contribution in [-0.4, -0.2) is 22.5 Å². The minimum absolute atomic E-state index is 0.0472. The number of hydrogen-bond acceptors (Lipinski definition) is 5. The Bertz CT molecular complexity index is 1430. The van der Waals surface area contributed by atoms with E-state index in [0.717, 1.165) is 33.5 Å². The summed E-state index contributed by atoms with van der Waals surface area (Å²) in [7, 11) is 0. The van der Waals surface area contributed by atoms with Crippen molar-refractivity contribution in [3.8, 4) is 11.5 Å². The van der Waals surface area contributed by atoms with Crippen LogP contribution in [0.25, 0.3) is 22.2 Å². The number of Topliss-reactive ketones (excluding diaryl/α,β-unsaturated/α-hetero) is 1. The molecule has 0 aliphatic carbocycles. The minimum Gasteiger partial charge on any atom is -0.491 e. The van der Waals surface area contributed by atoms with Gasteiger partial charge in [0.1, 0.15) is 23.9 Å². The van der Waals surface area contributed by atoms with E-state index in [2.05, 4.69) is 4.98 Å². The van der Waals surface area contributed by atoms with E-state index in [-0.39, 0.29) is 11.9 Å². The maximum absolute atomic E-state index is 13.3. The van der Waals surface area contributed by atoms with E-state index < -0.39 is 5.60 Å². The zero-order chi connectivity index (χ0) is 25.3. The van der Waals surface area contributed by atoms with Crippen molar-refractivity contribution in [2.24, 2.45) is 0 Å². The second-order valence-electron chi connectivity index (χ2n) is 9.64. The number of carbonyl (C=O) groups is 1. The first-order chi connectivity index (χ1) is 17.3. The van der Waals surface area contributed by atoms with E-state index in [1.165, 1.54) is 0 Å². The highest BCUT2D eigenvalue weighted by Gasteiger charge is 2.42. The number of ether oxygens (including phenoxy) is 3. The fourth-order valence-electron chi connectivity index (χ4n) is 4.24. The third-order valence-electron chi connectivity index (χ3n) is 6.03. The van der Waals surface area contributed by atoms with Crippen molar-refractivity contribution in [2.75, 3.05) is 0 Å². The monoisotopic (exact) mass is 479 g/mol. The van der Waals surface area contributed by atoms with Gasteiger partial charge in [0, 0.05) is 10.9 Å². The number of ketones is 1. The molecule has 0 radical (unpaired) electrons. The fraction of sp³-hybridized carbons (Fsp3) is 0.226. The molecule has 1 aromatic heterocycles. The molecule has 2 heterocycles. The summed E-state index contributed by atoms with van der Waals surface area (Å²) in [5, 5.41) is 1.10. The summed E-state index contributed by atoms with van der Waals surface area (Å²) in [4.78, 5) is 17.9. The van der Waals surface area contributed by atoms with Crippen LogP contribution in [0, 0.1) is 0 Å². The second kappa shape index (κ2) is 9.50. The maximum atomic E-state index is 13.3. The fourth-order valence-corrected chi connectivity index (χ4v) is 4.24. The predicted octanol–water partition coefficient (Wildman–Crippen LogP) is 6.85. The van der Waals surface area contributed by atoms with Gasteiger partial charge in [0.05, 0.1) is 22.9 Å². The molecule has 1 aliphatic heterocycles. The average Bonchev–Trinajstić information content (AvgIpc) is 3.11. The lowest BCUT2D eigenvalue weighted by molar-refractivity contribution is -0.125. The molecule has 5 rings (SSSR count). The van der Waals surface area contributed by atoms with Crippen molar-refractivity contribution in [3.63, 3.8) is 0 Å². The van der Waals surface area contributed by atoms with Crippen molar-refractivity contribution in [1.82, 2.24) is 4.98 Å². The molecule has 0 saturated heterocycles. The van der Waals surface area contributed by atoms with Crippen molar-refractivity contribution in [2.45, 2.75) is 46.0 Å². The molecule has 0 fully saturated rings. The van der Waals surface area contributed by atoms with E-state index in [1.54, 1.807) is 13.8 Å². The molecule has 5 nitrogen and oxygen atoms in total. The Hall–Kier alpha value is -4.12. The number of aromatic nitrogens is 1. The second-order valence-corrected chi connectivity index (χ2v) is 9.64. The van der Waals surface area contributed by atoms with Crippen molar-refractivity contribution >= 4 is 28.0 Å². The number of hydrogen-bond donors (Lipinski definition) is 0. The topological polar surface area (TPSA) is 57.7 Å². The lowest BCUT2D eigenvalue weighted by Crippen LogP contribution is -2.29. The van der Waals surface area contributed by atoms with Gasteiger partial charge in [0.15, 0.2) is 5.60 Å². The highest BCUT2D eigenvalue weighted by atomic mass is 16.5. The van der Waals surface area contributed by atoms with Crippen LogP contribution in [0.4, 0.5) is 0 Å². The lowest BCUT2D eigenvalue weighted by atomic mass is 9.92. The largest absolute Gasteiger partial charge is 0.491 e. The highest BCUT2D eigenvalue weighted by Crippen LogP contribution is 2.41. The predicted molar refractivity (Wildman–Crippen MR) is 142 cm³/mol. The molecular weight excluding hydrogens is 450 g/mol. The summed E-state index contributed by atoms with van der Waals surface area (Å²) < 4.78 is 17.9. The summed E-state index contributed by atoms with van der Waals surface area (Å²) in [6.45, 7) is 7.93. The third-order valence-corrected chi connectivity index (χ3v) is 6.03. The number of carbonyl (C=O) groups excluding carboxylic acids is 1. The Balaban J connectivity index is 1.37. The van der Waals surface area contributed by atoms with Gasteiger partial charge in [-0.05, 0) is 81.8 Å². The Morgan fingerprint density at radius 3 is 2.22 bits per heavy atom. The summed E-state index contributed by atoms with van der Waals surface area (Å²) >= 11 is 0. The van der Waals surface area contributed by atoms with Crippen LogP contribution < -0.4 is 9.47 Å². The molecule has 1 aliphatic rings. The number of fused-ring (bicyclic) bond motifs is 1. The summed E-state index contributed by atoms with van der Waals surface area (Å²) in [6, 6.07) is 27.2. The maximum Gasteiger partial charge on any atom is 0.210 e. The van der Waals surface area contributed by atoms with Gasteiger partial charge in [-0.15, -0.1) is 0 Å². The first kappa shape index (κ1) is 23.6. The Kier molecular flexibility index (Phi) is 6.23. The molecule has 0 saturated carbocycles. The summed E-state index contributed by atoms with van der Waals surface area (Å²) in [6.07, 6.45) is 0.0895. The normalized spacial score (nSPS) is 14.9. The van der Waals surface area contributed by atoms with E-state index in [9.17, 15) is 4.79 Å². The van der Waals surface area contributed by atoms with Crippen LogP contribution in [0.15, 0.2) is 84.9 Å².